The molecular formula is C11H14N4O2. The van der Waals surface area contributed by atoms with Crippen molar-refractivity contribution in [2.75, 3.05) is 11.9 Å². The first-order valence-electron chi connectivity index (χ1n) is 5.06. The average molecular weight is 234 g/mol. The van der Waals surface area contributed by atoms with Gasteiger partial charge >= 0.3 is 0 Å². The molecule has 0 aromatic heterocycles. The summed E-state index contributed by atoms with van der Waals surface area (Å²) in [5, 5.41) is 22.6. The average Bonchev–Trinajstić information content (AvgIpc) is 2.29. The Bertz CT molecular complexity index is 477. The highest BCUT2D eigenvalue weighted by molar-refractivity contribution is 5.62. The third-order valence-electron chi connectivity index (χ3n) is 2.32. The van der Waals surface area contributed by atoms with Crippen LogP contribution in [-0.4, -0.2) is 17.0 Å². The van der Waals surface area contributed by atoms with E-state index in [0.29, 0.717) is 12.2 Å². The van der Waals surface area contributed by atoms with E-state index in [1.807, 2.05) is 19.9 Å². The van der Waals surface area contributed by atoms with Gasteiger partial charge in [0.2, 0.25) is 0 Å². The van der Waals surface area contributed by atoms with Gasteiger partial charge in [-0.2, -0.15) is 5.26 Å². The van der Waals surface area contributed by atoms with E-state index >= 15 is 0 Å². The molecule has 0 aliphatic carbocycles. The number of nitrogens with one attached hydrogen (secondary N) is 1. The fraction of sp³-hybridized carbons (Fsp3) is 0.364. The first-order valence-corrected chi connectivity index (χ1v) is 5.06. The van der Waals surface area contributed by atoms with E-state index in [9.17, 15) is 10.1 Å². The van der Waals surface area contributed by atoms with Crippen molar-refractivity contribution < 1.29 is 4.92 Å². The zero-order valence-electron chi connectivity index (χ0n) is 9.73. The predicted octanol–water partition coefficient (Wildman–Crippen LogP) is 1.62. The second-order valence-electron chi connectivity index (χ2n) is 4.31. The van der Waals surface area contributed by atoms with E-state index < -0.39 is 4.92 Å². The highest BCUT2D eigenvalue weighted by Crippen LogP contribution is 2.23. The van der Waals surface area contributed by atoms with Crippen molar-refractivity contribution in [2.45, 2.75) is 19.4 Å². The van der Waals surface area contributed by atoms with Crippen LogP contribution in [0.4, 0.5) is 11.4 Å². The van der Waals surface area contributed by atoms with Gasteiger partial charge in [0.25, 0.3) is 5.69 Å². The first-order chi connectivity index (χ1) is 7.89. The molecule has 0 aliphatic heterocycles. The van der Waals surface area contributed by atoms with Crippen LogP contribution in [0.25, 0.3) is 0 Å². The van der Waals surface area contributed by atoms with E-state index in [2.05, 4.69) is 5.32 Å². The molecule has 0 saturated heterocycles. The summed E-state index contributed by atoms with van der Waals surface area (Å²) in [5.74, 6) is 0. The minimum atomic E-state index is -0.529. The first kappa shape index (κ1) is 12.9. The van der Waals surface area contributed by atoms with Crippen LogP contribution in [0.1, 0.15) is 19.4 Å². The molecule has 0 aliphatic rings. The van der Waals surface area contributed by atoms with Gasteiger partial charge in [-0.15, -0.1) is 0 Å². The molecule has 17 heavy (non-hydrogen) atoms. The van der Waals surface area contributed by atoms with Crippen LogP contribution in [0.15, 0.2) is 18.2 Å². The lowest BCUT2D eigenvalue weighted by molar-refractivity contribution is -0.384. The Morgan fingerprint density at radius 3 is 2.71 bits per heavy atom. The standard InChI is InChI=1S/C11H14N4O2/c1-11(2,7-13)14-10-4-3-9(15(16)17)5-8(10)6-12/h3-5,14H,7,13H2,1-2H3. The smallest absolute Gasteiger partial charge is 0.270 e. The Balaban J connectivity index is 3.11. The van der Waals surface area contributed by atoms with Gasteiger partial charge in [0.15, 0.2) is 0 Å². The zero-order valence-corrected chi connectivity index (χ0v) is 9.73. The summed E-state index contributed by atoms with van der Waals surface area (Å²) in [6.45, 7) is 4.15. The second-order valence-corrected chi connectivity index (χ2v) is 4.31. The van der Waals surface area contributed by atoms with Crippen molar-refractivity contribution in [2.24, 2.45) is 5.73 Å². The lowest BCUT2D eigenvalue weighted by Crippen LogP contribution is -2.39. The molecule has 0 bridgehead atoms. The monoisotopic (exact) mass is 234 g/mol. The largest absolute Gasteiger partial charge is 0.378 e. The molecule has 6 heteroatoms. The molecule has 0 radical (unpaired) electrons. The Kier molecular flexibility index (Phi) is 3.66. The Morgan fingerprint density at radius 2 is 2.24 bits per heavy atom. The second kappa shape index (κ2) is 4.80. The number of non-ortho nitro benzene ring substituents is 1. The van der Waals surface area contributed by atoms with E-state index in [0.717, 1.165) is 0 Å². The number of anilines is 1. The fourth-order valence-electron chi connectivity index (χ4n) is 1.26. The third kappa shape index (κ3) is 3.16. The molecule has 1 aromatic rings. The maximum Gasteiger partial charge on any atom is 0.270 e. The number of nitriles is 1. The molecule has 0 saturated carbocycles. The predicted molar refractivity (Wildman–Crippen MR) is 64.6 cm³/mol. The van der Waals surface area contributed by atoms with Crippen molar-refractivity contribution in [3.05, 3.63) is 33.9 Å². The number of nitrogens with two attached hydrogens (primary N) is 1. The highest BCUT2D eigenvalue weighted by atomic mass is 16.6. The number of nitro groups is 1. The zero-order chi connectivity index (χ0) is 13.1. The van der Waals surface area contributed by atoms with E-state index in [-0.39, 0.29) is 16.8 Å². The van der Waals surface area contributed by atoms with Crippen molar-refractivity contribution in [1.82, 2.24) is 0 Å². The summed E-state index contributed by atoms with van der Waals surface area (Å²) in [7, 11) is 0. The molecule has 0 fully saturated rings. The van der Waals surface area contributed by atoms with E-state index in [1.54, 1.807) is 0 Å². The van der Waals surface area contributed by atoms with Crippen molar-refractivity contribution in [3.63, 3.8) is 0 Å². The van der Waals surface area contributed by atoms with Crippen LogP contribution in [0, 0.1) is 21.4 Å². The SMILES string of the molecule is CC(C)(CN)Nc1ccc([N+](=O)[O-])cc1C#N. The summed E-state index contributed by atoms with van der Waals surface area (Å²) in [5.41, 5.74) is 5.88. The van der Waals surface area contributed by atoms with Crippen LogP contribution in [0.2, 0.25) is 0 Å². The quantitative estimate of drug-likeness (QED) is 0.608. The van der Waals surface area contributed by atoms with Gasteiger partial charge < -0.3 is 11.1 Å². The van der Waals surface area contributed by atoms with Crippen molar-refractivity contribution in [1.29, 1.82) is 5.26 Å². The van der Waals surface area contributed by atoms with Crippen LogP contribution < -0.4 is 11.1 Å². The molecule has 90 valence electrons. The van der Waals surface area contributed by atoms with Crippen molar-refractivity contribution in [3.8, 4) is 6.07 Å². The van der Waals surface area contributed by atoms with Crippen LogP contribution in [0.3, 0.4) is 0 Å². The maximum atomic E-state index is 10.6. The van der Waals surface area contributed by atoms with Gasteiger partial charge in [-0.3, -0.25) is 10.1 Å². The Labute approximate surface area is 99.2 Å². The van der Waals surface area contributed by atoms with Crippen LogP contribution in [-0.2, 0) is 0 Å². The molecule has 0 amide bonds. The molecule has 0 spiro atoms. The van der Waals surface area contributed by atoms with E-state index in [1.165, 1.54) is 18.2 Å². The normalized spacial score (nSPS) is 10.7. The highest BCUT2D eigenvalue weighted by Gasteiger charge is 2.18. The molecule has 0 atom stereocenters. The topological polar surface area (TPSA) is 105 Å². The molecular weight excluding hydrogens is 220 g/mol. The molecule has 1 aromatic carbocycles. The summed E-state index contributed by atoms with van der Waals surface area (Å²) >= 11 is 0. The molecule has 6 nitrogen and oxygen atoms in total. The minimum Gasteiger partial charge on any atom is -0.378 e. The van der Waals surface area contributed by atoms with Crippen LogP contribution >= 0.6 is 0 Å². The fourth-order valence-corrected chi connectivity index (χ4v) is 1.26. The summed E-state index contributed by atoms with van der Waals surface area (Å²) in [6.07, 6.45) is 0. The molecule has 0 heterocycles. The number of nitro benzene ring substituents is 1. The Morgan fingerprint density at radius 1 is 1.59 bits per heavy atom. The summed E-state index contributed by atoms with van der Waals surface area (Å²) < 4.78 is 0. The number of hydrogen-bond acceptors (Lipinski definition) is 5. The van der Waals surface area contributed by atoms with Crippen LogP contribution in [0.5, 0.6) is 0 Å². The van der Waals surface area contributed by atoms with Gasteiger partial charge in [0, 0.05) is 24.2 Å². The Hall–Kier alpha value is -2.13. The van der Waals surface area contributed by atoms with Gasteiger partial charge in [0.1, 0.15) is 6.07 Å². The molecule has 0 unspecified atom stereocenters. The van der Waals surface area contributed by atoms with Crippen molar-refractivity contribution >= 4 is 11.4 Å². The van der Waals surface area contributed by atoms with Gasteiger partial charge in [-0.05, 0) is 19.9 Å². The number of benzene rings is 1. The lowest BCUT2D eigenvalue weighted by Gasteiger charge is -2.26. The summed E-state index contributed by atoms with van der Waals surface area (Å²) in [4.78, 5) is 10.0. The minimum absolute atomic E-state index is 0.0994. The van der Waals surface area contributed by atoms with E-state index in [4.69, 9.17) is 11.0 Å². The molecule has 1 rings (SSSR count). The molecule has 3 N–H and O–H groups in total. The number of nitrogens with zero attached hydrogens (tertiary/aromatic N) is 2. The summed E-state index contributed by atoms with van der Waals surface area (Å²) in [6, 6.07) is 6.05. The third-order valence-corrected chi connectivity index (χ3v) is 2.32. The number of rotatable bonds is 4. The van der Waals surface area contributed by atoms with Gasteiger partial charge in [-0.1, -0.05) is 0 Å². The number of hydrogen-bond donors (Lipinski definition) is 2. The lowest BCUT2D eigenvalue weighted by atomic mass is 10.0. The van der Waals surface area contributed by atoms with Gasteiger partial charge in [0.05, 0.1) is 16.2 Å². The maximum absolute atomic E-state index is 10.6. The van der Waals surface area contributed by atoms with Gasteiger partial charge in [-0.25, -0.2) is 0 Å².